The molecule has 0 radical (unpaired) electrons. The van der Waals surface area contributed by atoms with Gasteiger partial charge in [-0.3, -0.25) is 0 Å². The van der Waals surface area contributed by atoms with Crippen molar-refractivity contribution in [1.29, 1.82) is 0 Å². The van der Waals surface area contributed by atoms with E-state index in [4.69, 9.17) is 9.62 Å². The summed E-state index contributed by atoms with van der Waals surface area (Å²) in [6.07, 6.45) is 5.29. The Morgan fingerprint density at radius 3 is 3.19 bits per heavy atom. The van der Waals surface area contributed by atoms with Crippen LogP contribution in [-0.2, 0) is 6.54 Å². The van der Waals surface area contributed by atoms with Gasteiger partial charge in [0.1, 0.15) is 5.76 Å². The Labute approximate surface area is 94.3 Å². The average molecular weight is 220 g/mol. The molecule has 1 aromatic rings. The molecule has 0 aromatic carbocycles. The lowest BCUT2D eigenvalue weighted by Gasteiger charge is -2.23. The van der Waals surface area contributed by atoms with Gasteiger partial charge in [-0.25, -0.2) is 0 Å². The van der Waals surface area contributed by atoms with Crippen molar-refractivity contribution in [1.82, 2.24) is 5.32 Å². The average Bonchev–Trinajstić information content (AvgIpc) is 3.01. The lowest BCUT2D eigenvalue weighted by Crippen LogP contribution is -2.40. The number of rotatable bonds is 3. The molecule has 4 heteroatoms. The van der Waals surface area contributed by atoms with Crippen molar-refractivity contribution in [3.8, 4) is 0 Å². The summed E-state index contributed by atoms with van der Waals surface area (Å²) in [5.41, 5.74) is 0.947. The second-order valence-corrected chi connectivity index (χ2v) is 4.73. The van der Waals surface area contributed by atoms with Gasteiger partial charge in [0.25, 0.3) is 0 Å². The summed E-state index contributed by atoms with van der Waals surface area (Å²) >= 11 is 0. The molecule has 86 valence electrons. The molecule has 0 saturated heterocycles. The molecule has 2 aliphatic rings. The van der Waals surface area contributed by atoms with E-state index in [-0.39, 0.29) is 6.04 Å². The Bertz CT molecular complexity index is 386. The summed E-state index contributed by atoms with van der Waals surface area (Å²) < 4.78 is 5.28. The summed E-state index contributed by atoms with van der Waals surface area (Å²) in [6, 6.07) is 4.09. The summed E-state index contributed by atoms with van der Waals surface area (Å²) in [6.45, 7) is 0.708. The SMILES string of the molecule is O/N=C1\[C@H]2CC[C@@H](C2)[C@H]1NCc1ccco1. The van der Waals surface area contributed by atoms with Gasteiger partial charge in [0.15, 0.2) is 0 Å². The fourth-order valence-electron chi connectivity index (χ4n) is 3.12. The second-order valence-electron chi connectivity index (χ2n) is 4.73. The first-order chi connectivity index (χ1) is 7.88. The van der Waals surface area contributed by atoms with Crippen LogP contribution in [0, 0.1) is 11.8 Å². The van der Waals surface area contributed by atoms with Crippen LogP contribution in [0.1, 0.15) is 25.0 Å². The first-order valence-electron chi connectivity index (χ1n) is 5.86. The largest absolute Gasteiger partial charge is 0.468 e. The van der Waals surface area contributed by atoms with Crippen LogP contribution in [0.15, 0.2) is 28.0 Å². The highest BCUT2D eigenvalue weighted by atomic mass is 16.4. The molecule has 0 spiro atoms. The molecule has 3 atom stereocenters. The van der Waals surface area contributed by atoms with Crippen molar-refractivity contribution in [2.24, 2.45) is 17.0 Å². The molecule has 4 nitrogen and oxygen atoms in total. The normalized spacial score (nSPS) is 35.0. The van der Waals surface area contributed by atoms with Crippen molar-refractivity contribution in [2.75, 3.05) is 0 Å². The van der Waals surface area contributed by atoms with Gasteiger partial charge in [-0.05, 0) is 37.3 Å². The van der Waals surface area contributed by atoms with Crippen molar-refractivity contribution in [2.45, 2.75) is 31.8 Å². The highest BCUT2D eigenvalue weighted by Crippen LogP contribution is 2.42. The Morgan fingerprint density at radius 2 is 2.44 bits per heavy atom. The van der Waals surface area contributed by atoms with Gasteiger partial charge in [0, 0.05) is 5.92 Å². The Kier molecular flexibility index (Phi) is 2.44. The van der Waals surface area contributed by atoms with E-state index in [0.29, 0.717) is 18.4 Å². The molecular formula is C12H16N2O2. The monoisotopic (exact) mass is 220 g/mol. The molecule has 16 heavy (non-hydrogen) atoms. The second kappa shape index (κ2) is 3.94. The standard InChI is InChI=1S/C12H16N2O2/c15-14-12-9-4-3-8(6-9)11(12)13-7-10-2-1-5-16-10/h1-2,5,8-9,11,13,15H,3-4,6-7H2/b14-12+/t8-,9-,11+/m0/s1. The minimum absolute atomic E-state index is 0.244. The number of nitrogens with one attached hydrogen (secondary N) is 1. The predicted octanol–water partition coefficient (Wildman–Crippen LogP) is 2.00. The van der Waals surface area contributed by atoms with Gasteiger partial charge in [0.05, 0.1) is 24.6 Å². The van der Waals surface area contributed by atoms with E-state index in [1.54, 1.807) is 6.26 Å². The number of nitrogens with zero attached hydrogens (tertiary/aromatic N) is 1. The maximum atomic E-state index is 9.04. The Balaban J connectivity index is 1.66. The van der Waals surface area contributed by atoms with E-state index in [9.17, 15) is 0 Å². The van der Waals surface area contributed by atoms with Gasteiger partial charge < -0.3 is 14.9 Å². The number of furan rings is 1. The van der Waals surface area contributed by atoms with Crippen LogP contribution in [0.5, 0.6) is 0 Å². The smallest absolute Gasteiger partial charge is 0.117 e. The number of fused-ring (bicyclic) bond motifs is 2. The fraction of sp³-hybridized carbons (Fsp3) is 0.583. The number of oxime groups is 1. The van der Waals surface area contributed by atoms with Crippen LogP contribution < -0.4 is 5.32 Å². The zero-order valence-electron chi connectivity index (χ0n) is 9.10. The van der Waals surface area contributed by atoms with Crippen molar-refractivity contribution >= 4 is 5.71 Å². The molecule has 0 aliphatic heterocycles. The van der Waals surface area contributed by atoms with E-state index < -0.39 is 0 Å². The van der Waals surface area contributed by atoms with Crippen LogP contribution >= 0.6 is 0 Å². The fourth-order valence-corrected chi connectivity index (χ4v) is 3.12. The van der Waals surface area contributed by atoms with Gasteiger partial charge in [-0.1, -0.05) is 5.16 Å². The lowest BCUT2D eigenvalue weighted by molar-refractivity contribution is 0.308. The summed E-state index contributed by atoms with van der Waals surface area (Å²) in [7, 11) is 0. The van der Waals surface area contributed by atoms with Crippen LogP contribution in [-0.4, -0.2) is 17.0 Å². The zero-order valence-corrected chi connectivity index (χ0v) is 9.10. The van der Waals surface area contributed by atoms with Crippen LogP contribution in [0.25, 0.3) is 0 Å². The van der Waals surface area contributed by atoms with Crippen molar-refractivity contribution in [3.05, 3.63) is 24.2 Å². The van der Waals surface area contributed by atoms with E-state index in [2.05, 4.69) is 10.5 Å². The molecular weight excluding hydrogens is 204 g/mol. The highest BCUT2D eigenvalue weighted by Gasteiger charge is 2.45. The molecule has 1 aromatic heterocycles. The summed E-state index contributed by atoms with van der Waals surface area (Å²) in [5.74, 6) is 2.08. The maximum absolute atomic E-state index is 9.04. The Hall–Kier alpha value is -1.29. The molecule has 2 N–H and O–H groups in total. The van der Waals surface area contributed by atoms with E-state index in [1.807, 2.05) is 12.1 Å². The third-order valence-electron chi connectivity index (χ3n) is 3.87. The zero-order chi connectivity index (χ0) is 11.0. The summed E-state index contributed by atoms with van der Waals surface area (Å²) in [4.78, 5) is 0. The van der Waals surface area contributed by atoms with Crippen molar-refractivity contribution in [3.63, 3.8) is 0 Å². The molecule has 1 heterocycles. The number of hydrogen-bond donors (Lipinski definition) is 2. The van der Waals surface area contributed by atoms with Crippen LogP contribution in [0.4, 0.5) is 0 Å². The minimum atomic E-state index is 0.244. The molecule has 2 fully saturated rings. The minimum Gasteiger partial charge on any atom is -0.468 e. The van der Waals surface area contributed by atoms with Gasteiger partial charge in [-0.15, -0.1) is 0 Å². The van der Waals surface area contributed by atoms with Crippen molar-refractivity contribution < 1.29 is 9.62 Å². The molecule has 0 amide bonds. The third kappa shape index (κ3) is 1.53. The quantitative estimate of drug-likeness (QED) is 0.605. The molecule has 0 unspecified atom stereocenters. The van der Waals surface area contributed by atoms with E-state index >= 15 is 0 Å². The maximum Gasteiger partial charge on any atom is 0.117 e. The highest BCUT2D eigenvalue weighted by molar-refractivity contribution is 5.94. The molecule has 2 saturated carbocycles. The topological polar surface area (TPSA) is 57.8 Å². The van der Waals surface area contributed by atoms with E-state index in [0.717, 1.165) is 11.5 Å². The van der Waals surface area contributed by atoms with Crippen LogP contribution in [0.2, 0.25) is 0 Å². The van der Waals surface area contributed by atoms with Gasteiger partial charge in [-0.2, -0.15) is 0 Å². The first kappa shape index (κ1) is 9.90. The van der Waals surface area contributed by atoms with Gasteiger partial charge >= 0.3 is 0 Å². The Morgan fingerprint density at radius 1 is 1.50 bits per heavy atom. The van der Waals surface area contributed by atoms with Gasteiger partial charge in [0.2, 0.25) is 0 Å². The first-order valence-corrected chi connectivity index (χ1v) is 5.86. The molecule has 2 bridgehead atoms. The van der Waals surface area contributed by atoms with Crippen LogP contribution in [0.3, 0.4) is 0 Å². The molecule has 3 rings (SSSR count). The predicted molar refractivity (Wildman–Crippen MR) is 59.4 cm³/mol. The third-order valence-corrected chi connectivity index (χ3v) is 3.87. The number of hydrogen-bond acceptors (Lipinski definition) is 4. The molecule has 2 aliphatic carbocycles. The lowest BCUT2D eigenvalue weighted by atomic mass is 9.93. The van der Waals surface area contributed by atoms with E-state index in [1.165, 1.54) is 19.3 Å². The summed E-state index contributed by atoms with van der Waals surface area (Å²) in [5, 5.41) is 15.9.